The number of hydrogen-bond acceptors (Lipinski definition) is 4. The topological polar surface area (TPSA) is 71.4 Å². The Hall–Kier alpha value is -1.46. The second-order valence-corrected chi connectivity index (χ2v) is 8.41. The maximum Gasteiger partial charge on any atom is 0.182 e. The molecule has 0 aliphatic heterocycles. The number of aliphatic hydroxyl groups is 1. The second kappa shape index (κ2) is 5.32. The molecule has 0 bridgehead atoms. The molecule has 0 aromatic heterocycles. The highest BCUT2D eigenvalue weighted by Crippen LogP contribution is 2.50. The Morgan fingerprint density at radius 1 is 1.23 bits per heavy atom. The van der Waals surface area contributed by atoms with Crippen molar-refractivity contribution < 1.29 is 18.3 Å². The number of carbonyl (C=O) groups is 1. The highest BCUT2D eigenvalue weighted by atomic mass is 32.2. The standard InChI is InChI=1S/C17H20O4S/c1-17-10-9-15(18)13(14(17)7-8-16(17)19)11-22(20,21)12-5-3-2-4-6-12/h2-6,16,19H,7-11H2,1H3/t16-,17-/m0/s1. The molecule has 1 fully saturated rings. The molecule has 4 nitrogen and oxygen atoms in total. The molecule has 5 heteroatoms. The van der Waals surface area contributed by atoms with E-state index in [-0.39, 0.29) is 16.4 Å². The Kier molecular flexibility index (Phi) is 3.73. The molecule has 118 valence electrons. The molecule has 0 unspecified atom stereocenters. The van der Waals surface area contributed by atoms with E-state index < -0.39 is 21.4 Å². The Morgan fingerprint density at radius 3 is 2.59 bits per heavy atom. The predicted molar refractivity (Wildman–Crippen MR) is 83.1 cm³/mol. The van der Waals surface area contributed by atoms with E-state index in [1.54, 1.807) is 30.3 Å². The third-order valence-electron chi connectivity index (χ3n) is 5.10. The molecule has 0 spiro atoms. The largest absolute Gasteiger partial charge is 0.392 e. The molecule has 0 radical (unpaired) electrons. The Morgan fingerprint density at radius 2 is 1.91 bits per heavy atom. The SMILES string of the molecule is C[C@]12CCC(=O)C(CS(=O)(=O)c3ccccc3)=C1CC[C@@H]2O. The van der Waals surface area contributed by atoms with E-state index in [1.807, 2.05) is 6.92 Å². The summed E-state index contributed by atoms with van der Waals surface area (Å²) in [6.45, 7) is 1.95. The van der Waals surface area contributed by atoms with Gasteiger partial charge in [0.05, 0.1) is 16.8 Å². The minimum atomic E-state index is -3.54. The van der Waals surface area contributed by atoms with Gasteiger partial charge >= 0.3 is 0 Å². The van der Waals surface area contributed by atoms with Crippen LogP contribution in [0.5, 0.6) is 0 Å². The van der Waals surface area contributed by atoms with Crippen LogP contribution in [0.4, 0.5) is 0 Å². The number of rotatable bonds is 3. The minimum Gasteiger partial charge on any atom is -0.392 e. The van der Waals surface area contributed by atoms with Gasteiger partial charge in [-0.15, -0.1) is 0 Å². The molecule has 3 rings (SSSR count). The summed E-state index contributed by atoms with van der Waals surface area (Å²) in [5.41, 5.74) is 0.833. The average Bonchev–Trinajstić information content (AvgIpc) is 2.80. The molecule has 2 atom stereocenters. The summed E-state index contributed by atoms with van der Waals surface area (Å²) < 4.78 is 25.1. The fourth-order valence-electron chi connectivity index (χ4n) is 3.66. The van der Waals surface area contributed by atoms with Crippen LogP contribution < -0.4 is 0 Å². The summed E-state index contributed by atoms with van der Waals surface area (Å²) in [5.74, 6) is -0.339. The lowest BCUT2D eigenvalue weighted by Crippen LogP contribution is -2.35. The molecule has 22 heavy (non-hydrogen) atoms. The number of carbonyl (C=O) groups excluding carboxylic acids is 1. The van der Waals surface area contributed by atoms with E-state index in [9.17, 15) is 18.3 Å². The van der Waals surface area contributed by atoms with Gasteiger partial charge in [0.1, 0.15) is 0 Å². The van der Waals surface area contributed by atoms with Crippen LogP contribution in [0.3, 0.4) is 0 Å². The Balaban J connectivity index is 2.02. The van der Waals surface area contributed by atoms with Crippen molar-refractivity contribution in [2.45, 2.75) is 43.6 Å². The maximum absolute atomic E-state index is 12.6. The lowest BCUT2D eigenvalue weighted by molar-refractivity contribution is -0.117. The number of fused-ring (bicyclic) bond motifs is 1. The van der Waals surface area contributed by atoms with E-state index in [2.05, 4.69) is 0 Å². The maximum atomic E-state index is 12.6. The molecule has 1 N–H and O–H groups in total. The van der Waals surface area contributed by atoms with Crippen molar-refractivity contribution in [2.75, 3.05) is 5.75 Å². The Labute approximate surface area is 130 Å². The van der Waals surface area contributed by atoms with E-state index in [4.69, 9.17) is 0 Å². The number of benzene rings is 1. The monoisotopic (exact) mass is 320 g/mol. The summed E-state index contributed by atoms with van der Waals surface area (Å²) in [7, 11) is -3.54. The number of Topliss-reactive ketones (excluding diaryl/α,β-unsaturated/α-hetero) is 1. The lowest BCUT2D eigenvalue weighted by Gasteiger charge is -2.35. The highest BCUT2D eigenvalue weighted by molar-refractivity contribution is 7.91. The summed E-state index contributed by atoms with van der Waals surface area (Å²) in [6, 6.07) is 8.22. The van der Waals surface area contributed by atoms with Crippen LogP contribution in [0.1, 0.15) is 32.6 Å². The molecule has 0 amide bonds. The van der Waals surface area contributed by atoms with Gasteiger partial charge < -0.3 is 5.11 Å². The van der Waals surface area contributed by atoms with Gasteiger partial charge in [-0.2, -0.15) is 0 Å². The van der Waals surface area contributed by atoms with Crippen LogP contribution in [0.25, 0.3) is 0 Å². The van der Waals surface area contributed by atoms with Crippen molar-refractivity contribution in [1.82, 2.24) is 0 Å². The van der Waals surface area contributed by atoms with Gasteiger partial charge in [0.15, 0.2) is 15.6 Å². The number of sulfone groups is 1. The summed E-state index contributed by atoms with van der Waals surface area (Å²) in [5, 5.41) is 10.2. The third kappa shape index (κ3) is 2.42. The van der Waals surface area contributed by atoms with Gasteiger partial charge in [0, 0.05) is 17.4 Å². The van der Waals surface area contributed by atoms with Crippen molar-refractivity contribution in [1.29, 1.82) is 0 Å². The highest BCUT2D eigenvalue weighted by Gasteiger charge is 2.47. The Bertz CT molecular complexity index is 733. The fourth-order valence-corrected chi connectivity index (χ4v) is 5.11. The molecule has 0 saturated heterocycles. The molecular weight excluding hydrogens is 300 g/mol. The summed E-state index contributed by atoms with van der Waals surface area (Å²) in [6.07, 6.45) is 1.66. The quantitative estimate of drug-likeness (QED) is 0.927. The summed E-state index contributed by atoms with van der Waals surface area (Å²) in [4.78, 5) is 12.5. The number of aliphatic hydroxyl groups excluding tert-OH is 1. The molecule has 2 aliphatic rings. The fraction of sp³-hybridized carbons (Fsp3) is 0.471. The van der Waals surface area contributed by atoms with Crippen LogP contribution in [0.2, 0.25) is 0 Å². The molecular formula is C17H20O4S. The zero-order chi connectivity index (χ0) is 16.0. The van der Waals surface area contributed by atoms with Gasteiger partial charge in [0.2, 0.25) is 0 Å². The molecule has 1 aromatic carbocycles. The van der Waals surface area contributed by atoms with E-state index in [0.29, 0.717) is 31.3 Å². The van der Waals surface area contributed by atoms with Gasteiger partial charge in [-0.05, 0) is 31.4 Å². The zero-order valence-electron chi connectivity index (χ0n) is 12.6. The zero-order valence-corrected chi connectivity index (χ0v) is 13.4. The first-order chi connectivity index (χ1) is 10.3. The van der Waals surface area contributed by atoms with Crippen LogP contribution in [0, 0.1) is 5.41 Å². The van der Waals surface area contributed by atoms with Gasteiger partial charge in [-0.3, -0.25) is 4.79 Å². The average molecular weight is 320 g/mol. The van der Waals surface area contributed by atoms with E-state index >= 15 is 0 Å². The van der Waals surface area contributed by atoms with Crippen molar-refractivity contribution in [3.8, 4) is 0 Å². The molecule has 2 aliphatic carbocycles. The van der Waals surface area contributed by atoms with Crippen LogP contribution >= 0.6 is 0 Å². The van der Waals surface area contributed by atoms with Gasteiger partial charge in [-0.25, -0.2) is 8.42 Å². The van der Waals surface area contributed by atoms with Crippen LogP contribution in [-0.2, 0) is 14.6 Å². The van der Waals surface area contributed by atoms with Crippen molar-refractivity contribution in [3.63, 3.8) is 0 Å². The normalized spacial score (nSPS) is 28.8. The van der Waals surface area contributed by atoms with Crippen LogP contribution in [-0.4, -0.2) is 31.2 Å². The van der Waals surface area contributed by atoms with Crippen molar-refractivity contribution >= 4 is 15.6 Å². The smallest absolute Gasteiger partial charge is 0.182 e. The number of hydrogen-bond donors (Lipinski definition) is 1. The number of ketones is 1. The lowest BCUT2D eigenvalue weighted by atomic mass is 9.71. The second-order valence-electron chi connectivity index (χ2n) is 6.42. The van der Waals surface area contributed by atoms with E-state index in [1.165, 1.54) is 0 Å². The molecule has 1 aromatic rings. The van der Waals surface area contributed by atoms with E-state index in [0.717, 1.165) is 5.57 Å². The summed E-state index contributed by atoms with van der Waals surface area (Å²) >= 11 is 0. The first-order valence-corrected chi connectivity index (χ1v) is 9.21. The minimum absolute atomic E-state index is 0.0823. The first-order valence-electron chi connectivity index (χ1n) is 7.56. The molecule has 1 saturated carbocycles. The van der Waals surface area contributed by atoms with Crippen molar-refractivity contribution in [2.24, 2.45) is 5.41 Å². The van der Waals surface area contributed by atoms with Crippen molar-refractivity contribution in [3.05, 3.63) is 41.5 Å². The predicted octanol–water partition coefficient (Wildman–Crippen LogP) is 2.28. The van der Waals surface area contributed by atoms with Gasteiger partial charge in [0.25, 0.3) is 0 Å². The molecule has 0 heterocycles. The van der Waals surface area contributed by atoms with Gasteiger partial charge in [-0.1, -0.05) is 30.7 Å². The third-order valence-corrected chi connectivity index (χ3v) is 6.76. The first kappa shape index (κ1) is 15.4. The van der Waals surface area contributed by atoms with Crippen LogP contribution in [0.15, 0.2) is 46.4 Å².